The molecular weight excluding hydrogens is 150 g/mol. The van der Waals surface area contributed by atoms with Gasteiger partial charge in [-0.1, -0.05) is 0 Å². The van der Waals surface area contributed by atoms with Crippen LogP contribution in [0.4, 0.5) is 5.69 Å². The molecule has 0 fully saturated rings. The normalized spacial score (nSPS) is 9.20. The van der Waals surface area contributed by atoms with E-state index in [-0.39, 0.29) is 0 Å². The van der Waals surface area contributed by atoms with E-state index >= 15 is 0 Å². The van der Waals surface area contributed by atoms with Crippen molar-refractivity contribution in [2.75, 3.05) is 5.73 Å². The van der Waals surface area contributed by atoms with Crippen molar-refractivity contribution in [2.24, 2.45) is 0 Å². The topological polar surface area (TPSA) is 60.2 Å². The third-order valence-corrected chi connectivity index (χ3v) is 2.06. The smallest absolute Gasteiger partial charge is 0.160 e. The van der Waals surface area contributed by atoms with E-state index in [2.05, 4.69) is 0 Å². The lowest BCUT2D eigenvalue weighted by Gasteiger charge is -1.85. The minimum Gasteiger partial charge on any atom is -0.397 e. The Morgan fingerprint density at radius 3 is 2.50 bits per heavy atom. The van der Waals surface area contributed by atoms with Crippen LogP contribution in [-0.2, 0) is 0 Å². The number of nitrogen functional groups attached to an aromatic ring is 1. The second-order valence-corrected chi connectivity index (χ2v) is 2.62. The lowest BCUT2D eigenvalue weighted by Crippen LogP contribution is -1.89. The summed E-state index contributed by atoms with van der Waals surface area (Å²) in [5.41, 5.74) is 6.03. The first-order valence-electron chi connectivity index (χ1n) is 2.57. The van der Waals surface area contributed by atoms with E-state index in [1.54, 1.807) is 5.38 Å². The van der Waals surface area contributed by atoms with Gasteiger partial charge in [0.25, 0.3) is 0 Å². The van der Waals surface area contributed by atoms with E-state index in [0.29, 0.717) is 28.7 Å². The maximum atomic E-state index is 10.2. The van der Waals surface area contributed by atoms with Gasteiger partial charge >= 0.3 is 0 Å². The SMILES string of the molecule is Nc1csc(C=O)c1C=O. The predicted molar refractivity (Wildman–Crippen MR) is 39.5 cm³/mol. The minimum absolute atomic E-state index is 0.306. The zero-order valence-electron chi connectivity index (χ0n) is 5.03. The number of carbonyl (C=O) groups is 2. The van der Waals surface area contributed by atoms with E-state index < -0.39 is 0 Å². The molecule has 0 saturated carbocycles. The van der Waals surface area contributed by atoms with Crippen LogP contribution in [0.3, 0.4) is 0 Å². The molecule has 0 aliphatic rings. The van der Waals surface area contributed by atoms with E-state index in [1.165, 1.54) is 11.3 Å². The van der Waals surface area contributed by atoms with Gasteiger partial charge in [-0.05, 0) is 0 Å². The highest BCUT2D eigenvalue weighted by atomic mass is 32.1. The predicted octanol–water partition coefficient (Wildman–Crippen LogP) is 0.955. The van der Waals surface area contributed by atoms with Crippen LogP contribution in [0, 0.1) is 0 Å². The Balaban J connectivity index is 3.25. The number of hydrogen-bond donors (Lipinski definition) is 1. The van der Waals surface area contributed by atoms with Gasteiger partial charge in [0.2, 0.25) is 0 Å². The van der Waals surface area contributed by atoms with Crippen molar-refractivity contribution in [1.29, 1.82) is 0 Å². The van der Waals surface area contributed by atoms with Crippen LogP contribution in [0.15, 0.2) is 5.38 Å². The summed E-state index contributed by atoms with van der Waals surface area (Å²) in [4.78, 5) is 20.8. The molecule has 0 saturated heterocycles. The van der Waals surface area contributed by atoms with Crippen LogP contribution in [0.25, 0.3) is 0 Å². The van der Waals surface area contributed by atoms with E-state index in [9.17, 15) is 9.59 Å². The van der Waals surface area contributed by atoms with Crippen LogP contribution < -0.4 is 5.73 Å². The third kappa shape index (κ3) is 0.930. The zero-order valence-corrected chi connectivity index (χ0v) is 5.85. The van der Waals surface area contributed by atoms with Gasteiger partial charge in [0.05, 0.1) is 16.1 Å². The van der Waals surface area contributed by atoms with Crippen molar-refractivity contribution in [3.05, 3.63) is 15.8 Å². The number of nitrogens with two attached hydrogens (primary N) is 1. The lowest BCUT2D eigenvalue weighted by atomic mass is 10.2. The molecule has 1 aromatic rings. The van der Waals surface area contributed by atoms with Crippen molar-refractivity contribution in [3.8, 4) is 0 Å². The molecule has 0 unspecified atom stereocenters. The first kappa shape index (κ1) is 6.95. The molecule has 0 aromatic carbocycles. The maximum absolute atomic E-state index is 10.2. The maximum Gasteiger partial charge on any atom is 0.160 e. The molecule has 0 radical (unpaired) electrons. The molecule has 0 aliphatic heterocycles. The average Bonchev–Trinajstić information content (AvgIpc) is 2.30. The lowest BCUT2D eigenvalue weighted by molar-refractivity contribution is 0.109. The first-order valence-corrected chi connectivity index (χ1v) is 3.45. The number of anilines is 1. The van der Waals surface area contributed by atoms with Crippen LogP contribution >= 0.6 is 11.3 Å². The molecule has 0 bridgehead atoms. The first-order chi connectivity index (χ1) is 4.79. The molecule has 0 atom stereocenters. The van der Waals surface area contributed by atoms with Gasteiger partial charge in [-0.25, -0.2) is 0 Å². The minimum atomic E-state index is 0.306. The molecule has 52 valence electrons. The Kier molecular flexibility index (Phi) is 1.82. The van der Waals surface area contributed by atoms with E-state index in [1.807, 2.05) is 0 Å². The second-order valence-electron chi connectivity index (χ2n) is 1.70. The molecular formula is C6H5NO2S. The van der Waals surface area contributed by atoms with Gasteiger partial charge in [0, 0.05) is 5.38 Å². The summed E-state index contributed by atoms with van der Waals surface area (Å²) in [6.07, 6.45) is 1.22. The zero-order chi connectivity index (χ0) is 7.56. The van der Waals surface area contributed by atoms with Gasteiger partial charge in [-0.3, -0.25) is 9.59 Å². The molecule has 0 spiro atoms. The fraction of sp³-hybridized carbons (Fsp3) is 0. The Morgan fingerprint density at radius 2 is 2.10 bits per heavy atom. The summed E-state index contributed by atoms with van der Waals surface area (Å²) in [6, 6.07) is 0. The average molecular weight is 155 g/mol. The molecule has 3 nitrogen and oxygen atoms in total. The standard InChI is InChI=1S/C6H5NO2S/c7-5-3-10-6(2-9)4(5)1-8/h1-3H,7H2. The third-order valence-electron chi connectivity index (χ3n) is 1.11. The van der Waals surface area contributed by atoms with Crippen LogP contribution in [0.2, 0.25) is 0 Å². The van der Waals surface area contributed by atoms with E-state index in [4.69, 9.17) is 5.73 Å². The quantitative estimate of drug-likeness (QED) is 0.647. The molecule has 0 amide bonds. The molecule has 1 rings (SSSR count). The highest BCUT2D eigenvalue weighted by molar-refractivity contribution is 7.12. The number of rotatable bonds is 2. The van der Waals surface area contributed by atoms with Gasteiger partial charge in [0.15, 0.2) is 12.6 Å². The molecule has 10 heavy (non-hydrogen) atoms. The largest absolute Gasteiger partial charge is 0.397 e. The summed E-state index contributed by atoms with van der Waals surface area (Å²) >= 11 is 1.18. The molecule has 2 N–H and O–H groups in total. The monoisotopic (exact) mass is 155 g/mol. The molecule has 1 aromatic heterocycles. The van der Waals surface area contributed by atoms with Crippen molar-refractivity contribution in [3.63, 3.8) is 0 Å². The van der Waals surface area contributed by atoms with Crippen molar-refractivity contribution in [1.82, 2.24) is 0 Å². The summed E-state index contributed by atoms with van der Waals surface area (Å²) in [7, 11) is 0. The van der Waals surface area contributed by atoms with Gasteiger partial charge in [-0.15, -0.1) is 11.3 Å². The Hall–Kier alpha value is -1.16. The molecule has 0 aliphatic carbocycles. The number of carbonyl (C=O) groups excluding carboxylic acids is 2. The number of thiophene rings is 1. The van der Waals surface area contributed by atoms with Crippen molar-refractivity contribution >= 4 is 29.6 Å². The van der Waals surface area contributed by atoms with Crippen LogP contribution in [0.1, 0.15) is 20.0 Å². The molecule has 4 heteroatoms. The van der Waals surface area contributed by atoms with Gasteiger partial charge < -0.3 is 5.73 Å². The summed E-state index contributed by atoms with van der Waals surface area (Å²) in [5, 5.41) is 1.58. The van der Waals surface area contributed by atoms with Gasteiger partial charge in [-0.2, -0.15) is 0 Å². The highest BCUT2D eigenvalue weighted by Crippen LogP contribution is 2.20. The summed E-state index contributed by atoms with van der Waals surface area (Å²) < 4.78 is 0. The molecule has 1 heterocycles. The Morgan fingerprint density at radius 1 is 1.40 bits per heavy atom. The fourth-order valence-electron chi connectivity index (χ4n) is 0.614. The second kappa shape index (κ2) is 2.62. The fourth-order valence-corrected chi connectivity index (χ4v) is 1.34. The van der Waals surface area contributed by atoms with Crippen molar-refractivity contribution in [2.45, 2.75) is 0 Å². The Bertz CT molecular complexity index is 267. The number of hydrogen-bond acceptors (Lipinski definition) is 4. The van der Waals surface area contributed by atoms with Crippen LogP contribution in [0.5, 0.6) is 0 Å². The Labute approximate surface area is 61.5 Å². The van der Waals surface area contributed by atoms with Crippen molar-refractivity contribution < 1.29 is 9.59 Å². The summed E-state index contributed by atoms with van der Waals surface area (Å²) in [6.45, 7) is 0. The van der Waals surface area contributed by atoms with Gasteiger partial charge in [0.1, 0.15) is 0 Å². The highest BCUT2D eigenvalue weighted by Gasteiger charge is 2.05. The number of aldehydes is 2. The van der Waals surface area contributed by atoms with Crippen LogP contribution in [-0.4, -0.2) is 12.6 Å². The van der Waals surface area contributed by atoms with E-state index in [0.717, 1.165) is 0 Å². The summed E-state index contributed by atoms with van der Waals surface area (Å²) in [5.74, 6) is 0.